The predicted molar refractivity (Wildman–Crippen MR) is 58.8 cm³/mol. The van der Waals surface area contributed by atoms with Crippen LogP contribution in [-0.2, 0) is 0 Å². The van der Waals surface area contributed by atoms with E-state index in [0.29, 0.717) is 10.9 Å². The Balaban J connectivity index is 2.86. The Morgan fingerprint density at radius 1 is 1.73 bits per heavy atom. The molecule has 0 saturated heterocycles. The number of methoxy groups -OCH3 is 1. The molecule has 6 heteroatoms. The molecule has 0 aromatic carbocycles. The maximum Gasteiger partial charge on any atom is 0.220 e. The number of pyridine rings is 1. The van der Waals surface area contributed by atoms with Crippen molar-refractivity contribution in [2.45, 2.75) is 0 Å². The van der Waals surface area contributed by atoms with Gasteiger partial charge in [0.2, 0.25) is 5.88 Å². The summed E-state index contributed by atoms with van der Waals surface area (Å²) in [6.45, 7) is 0.284. The van der Waals surface area contributed by atoms with Gasteiger partial charge in [0.1, 0.15) is 0 Å². The number of azide groups is 1. The van der Waals surface area contributed by atoms with Crippen molar-refractivity contribution in [1.82, 2.24) is 4.98 Å². The van der Waals surface area contributed by atoms with Gasteiger partial charge in [-0.15, -0.1) is 0 Å². The fourth-order valence-electron chi connectivity index (χ4n) is 0.996. The quantitative estimate of drug-likeness (QED) is 0.448. The molecule has 1 heterocycles. The van der Waals surface area contributed by atoms with Crippen LogP contribution in [0.25, 0.3) is 16.5 Å². The Morgan fingerprint density at radius 3 is 3.20 bits per heavy atom. The highest BCUT2D eigenvalue weighted by Gasteiger charge is 2.01. The first-order valence-electron chi connectivity index (χ1n) is 4.15. The van der Waals surface area contributed by atoms with Crippen LogP contribution >= 0.6 is 11.6 Å². The summed E-state index contributed by atoms with van der Waals surface area (Å²) in [5.74, 6) is 0.483. The van der Waals surface area contributed by atoms with Gasteiger partial charge in [-0.2, -0.15) is 0 Å². The van der Waals surface area contributed by atoms with Crippen LogP contribution < -0.4 is 4.74 Å². The summed E-state index contributed by atoms with van der Waals surface area (Å²) in [6, 6.07) is 1.72. The average Bonchev–Trinajstić information content (AvgIpc) is 2.25. The van der Waals surface area contributed by atoms with Crippen LogP contribution in [0.5, 0.6) is 5.88 Å². The molecular weight excluding hydrogens is 216 g/mol. The second-order valence-electron chi connectivity index (χ2n) is 2.57. The van der Waals surface area contributed by atoms with Crippen LogP contribution in [0.3, 0.4) is 0 Å². The molecule has 0 radical (unpaired) electrons. The molecule has 0 spiro atoms. The first-order chi connectivity index (χ1) is 7.27. The molecule has 0 unspecified atom stereocenters. The summed E-state index contributed by atoms with van der Waals surface area (Å²) in [5, 5.41) is 3.89. The number of ether oxygens (including phenoxy) is 1. The lowest BCUT2D eigenvalue weighted by molar-refractivity contribution is 0.397. The Bertz CT molecular complexity index is 413. The summed E-state index contributed by atoms with van der Waals surface area (Å²) in [6.07, 6.45) is 4.95. The normalized spacial score (nSPS) is 10.0. The molecule has 78 valence electrons. The molecule has 0 saturated carbocycles. The van der Waals surface area contributed by atoms with Crippen LogP contribution in [-0.4, -0.2) is 18.6 Å². The minimum absolute atomic E-state index is 0.284. The molecule has 0 aliphatic heterocycles. The Morgan fingerprint density at radius 2 is 2.53 bits per heavy atom. The zero-order valence-electron chi connectivity index (χ0n) is 8.09. The standard InChI is InChI=1S/C9H9ClN4O/c1-15-9-7(3-2-4-13-14-11)5-8(10)6-12-9/h2-3,5-6H,4H2,1H3. The molecule has 1 rings (SSSR count). The molecule has 1 aromatic rings. The van der Waals surface area contributed by atoms with Crippen molar-refractivity contribution in [3.8, 4) is 5.88 Å². The van der Waals surface area contributed by atoms with Crippen molar-refractivity contribution in [3.05, 3.63) is 39.4 Å². The summed E-state index contributed by atoms with van der Waals surface area (Å²) >= 11 is 5.78. The predicted octanol–water partition coefficient (Wildman–Crippen LogP) is 3.07. The van der Waals surface area contributed by atoms with Crippen LogP contribution in [0.15, 0.2) is 23.5 Å². The average molecular weight is 225 g/mol. The summed E-state index contributed by atoms with van der Waals surface area (Å²) in [7, 11) is 1.53. The van der Waals surface area contributed by atoms with Gasteiger partial charge < -0.3 is 4.74 Å². The number of hydrogen-bond acceptors (Lipinski definition) is 3. The largest absolute Gasteiger partial charge is 0.481 e. The number of nitrogens with zero attached hydrogens (tertiary/aromatic N) is 4. The molecule has 0 N–H and O–H groups in total. The van der Waals surface area contributed by atoms with Crippen molar-refractivity contribution < 1.29 is 4.74 Å². The van der Waals surface area contributed by atoms with E-state index in [1.807, 2.05) is 0 Å². The lowest BCUT2D eigenvalue weighted by atomic mass is 10.2. The third-order valence-electron chi connectivity index (χ3n) is 1.59. The minimum Gasteiger partial charge on any atom is -0.481 e. The Kier molecular flexibility index (Phi) is 4.47. The van der Waals surface area contributed by atoms with Gasteiger partial charge in [0, 0.05) is 23.2 Å². The van der Waals surface area contributed by atoms with E-state index < -0.39 is 0 Å². The summed E-state index contributed by atoms with van der Waals surface area (Å²) in [4.78, 5) is 6.61. The number of halogens is 1. The second-order valence-corrected chi connectivity index (χ2v) is 3.00. The molecule has 0 fully saturated rings. The van der Waals surface area contributed by atoms with Crippen LogP contribution in [0, 0.1) is 0 Å². The zero-order valence-corrected chi connectivity index (χ0v) is 8.85. The maximum absolute atomic E-state index is 8.07. The van der Waals surface area contributed by atoms with Crippen molar-refractivity contribution in [2.75, 3.05) is 13.7 Å². The number of rotatable bonds is 4. The highest BCUT2D eigenvalue weighted by Crippen LogP contribution is 2.20. The highest BCUT2D eigenvalue weighted by molar-refractivity contribution is 6.30. The van der Waals surface area contributed by atoms with Crippen molar-refractivity contribution in [1.29, 1.82) is 0 Å². The third kappa shape index (κ3) is 3.50. The smallest absolute Gasteiger partial charge is 0.220 e. The van der Waals surface area contributed by atoms with Gasteiger partial charge in [0.25, 0.3) is 0 Å². The van der Waals surface area contributed by atoms with Gasteiger partial charge >= 0.3 is 0 Å². The fraction of sp³-hybridized carbons (Fsp3) is 0.222. The molecule has 1 aromatic heterocycles. The molecule has 0 amide bonds. The molecule has 0 aliphatic rings. The van der Waals surface area contributed by atoms with E-state index in [-0.39, 0.29) is 6.54 Å². The molecule has 0 atom stereocenters. The molecular formula is C9H9ClN4O. The van der Waals surface area contributed by atoms with Gasteiger partial charge in [-0.1, -0.05) is 28.9 Å². The van der Waals surface area contributed by atoms with Crippen LogP contribution in [0.4, 0.5) is 0 Å². The zero-order chi connectivity index (χ0) is 11.1. The van der Waals surface area contributed by atoms with Gasteiger partial charge in [-0.25, -0.2) is 4.98 Å². The van der Waals surface area contributed by atoms with E-state index in [4.69, 9.17) is 21.9 Å². The molecule has 0 bridgehead atoms. The van der Waals surface area contributed by atoms with Crippen LogP contribution in [0.2, 0.25) is 5.02 Å². The molecule has 0 aliphatic carbocycles. The van der Waals surface area contributed by atoms with Gasteiger partial charge in [-0.3, -0.25) is 0 Å². The summed E-state index contributed by atoms with van der Waals surface area (Å²) in [5.41, 5.74) is 8.82. The second kappa shape index (κ2) is 5.90. The molecule has 15 heavy (non-hydrogen) atoms. The Hall–Kier alpha value is -1.71. The van der Waals surface area contributed by atoms with Crippen molar-refractivity contribution in [2.24, 2.45) is 5.11 Å². The maximum atomic E-state index is 8.07. The third-order valence-corrected chi connectivity index (χ3v) is 1.79. The fourth-order valence-corrected chi connectivity index (χ4v) is 1.16. The van der Waals surface area contributed by atoms with E-state index in [1.165, 1.54) is 13.3 Å². The number of hydrogen-bond donors (Lipinski definition) is 0. The van der Waals surface area contributed by atoms with Crippen molar-refractivity contribution >= 4 is 17.7 Å². The number of aromatic nitrogens is 1. The van der Waals surface area contributed by atoms with E-state index in [9.17, 15) is 0 Å². The van der Waals surface area contributed by atoms with Crippen molar-refractivity contribution in [3.63, 3.8) is 0 Å². The van der Waals surface area contributed by atoms with E-state index >= 15 is 0 Å². The van der Waals surface area contributed by atoms with E-state index in [0.717, 1.165) is 5.56 Å². The van der Waals surface area contributed by atoms with Gasteiger partial charge in [0.05, 0.1) is 12.1 Å². The SMILES string of the molecule is COc1ncc(Cl)cc1C=CCN=[N+]=[N-]. The lowest BCUT2D eigenvalue weighted by Gasteiger charge is -2.02. The minimum atomic E-state index is 0.284. The topological polar surface area (TPSA) is 70.9 Å². The highest BCUT2D eigenvalue weighted by atomic mass is 35.5. The van der Waals surface area contributed by atoms with Gasteiger partial charge in [-0.05, 0) is 11.6 Å². The van der Waals surface area contributed by atoms with E-state index in [2.05, 4.69) is 15.0 Å². The van der Waals surface area contributed by atoms with E-state index in [1.54, 1.807) is 18.2 Å². The Labute approximate surface area is 92.0 Å². The van der Waals surface area contributed by atoms with Gasteiger partial charge in [0.15, 0.2) is 0 Å². The lowest BCUT2D eigenvalue weighted by Crippen LogP contribution is -1.90. The van der Waals surface area contributed by atoms with Crippen LogP contribution in [0.1, 0.15) is 5.56 Å². The first-order valence-corrected chi connectivity index (χ1v) is 4.52. The summed E-state index contributed by atoms with van der Waals surface area (Å²) < 4.78 is 5.03. The monoisotopic (exact) mass is 224 g/mol. The first kappa shape index (κ1) is 11.4. The molecule has 5 nitrogen and oxygen atoms in total.